The topological polar surface area (TPSA) is 93.9 Å². The summed E-state index contributed by atoms with van der Waals surface area (Å²) >= 11 is 7.22. The van der Waals surface area contributed by atoms with Crippen LogP contribution in [0.2, 0.25) is 5.02 Å². The van der Waals surface area contributed by atoms with E-state index in [1.165, 1.54) is 18.6 Å². The summed E-state index contributed by atoms with van der Waals surface area (Å²) in [5.41, 5.74) is 3.04. The highest BCUT2D eigenvalue weighted by molar-refractivity contribution is 7.05. The standard InChI is InChI=1S/C20H18ClN3O4S/c1-27-23-17(10-11-19(25)26)13-4-8-16(9-5-13)28-12-18-20(22-24-29-18)14-2-6-15(21)7-3-14/h2-9H,10-12H2,1H3,(H,25,26). The number of hydrogen-bond donors (Lipinski definition) is 1. The second kappa shape index (κ2) is 9.99. The maximum absolute atomic E-state index is 10.8. The molecule has 0 fully saturated rings. The predicted molar refractivity (Wildman–Crippen MR) is 112 cm³/mol. The predicted octanol–water partition coefficient (Wildman–Crippen LogP) is 4.65. The van der Waals surface area contributed by atoms with Gasteiger partial charge in [-0.25, -0.2) is 0 Å². The lowest BCUT2D eigenvalue weighted by Gasteiger charge is -2.08. The van der Waals surface area contributed by atoms with Gasteiger partial charge in [-0.15, -0.1) is 5.10 Å². The van der Waals surface area contributed by atoms with Gasteiger partial charge < -0.3 is 14.7 Å². The Hall–Kier alpha value is -2.97. The fourth-order valence-electron chi connectivity index (χ4n) is 2.60. The highest BCUT2D eigenvalue weighted by atomic mass is 35.5. The first-order chi connectivity index (χ1) is 14.1. The summed E-state index contributed by atoms with van der Waals surface area (Å²) in [6.07, 6.45) is 0.257. The molecular formula is C20H18ClN3O4S. The second-order valence-corrected chi connectivity index (χ2v) is 7.25. The molecule has 7 nitrogen and oxygen atoms in total. The molecule has 150 valence electrons. The fourth-order valence-corrected chi connectivity index (χ4v) is 3.31. The smallest absolute Gasteiger partial charge is 0.303 e. The van der Waals surface area contributed by atoms with Crippen molar-refractivity contribution in [3.8, 4) is 17.0 Å². The van der Waals surface area contributed by atoms with Crippen LogP contribution in [0.5, 0.6) is 5.75 Å². The van der Waals surface area contributed by atoms with E-state index in [2.05, 4.69) is 14.7 Å². The third-order valence-corrected chi connectivity index (χ3v) is 4.96. The van der Waals surface area contributed by atoms with Crippen LogP contribution < -0.4 is 4.74 Å². The Bertz CT molecular complexity index is 988. The zero-order valence-electron chi connectivity index (χ0n) is 15.5. The van der Waals surface area contributed by atoms with Crippen LogP contribution in [0.25, 0.3) is 11.3 Å². The number of ether oxygens (including phenoxy) is 1. The maximum Gasteiger partial charge on any atom is 0.303 e. The number of aromatic nitrogens is 2. The van der Waals surface area contributed by atoms with Crippen LogP contribution >= 0.6 is 23.1 Å². The molecule has 1 aromatic heterocycles. The van der Waals surface area contributed by atoms with Gasteiger partial charge in [0.2, 0.25) is 0 Å². The van der Waals surface area contributed by atoms with Crippen molar-refractivity contribution in [2.24, 2.45) is 5.16 Å². The number of rotatable bonds is 9. The Labute approximate surface area is 176 Å². The summed E-state index contributed by atoms with van der Waals surface area (Å²) in [4.78, 5) is 16.5. The third-order valence-electron chi connectivity index (χ3n) is 4.01. The number of hydrogen-bond acceptors (Lipinski definition) is 7. The largest absolute Gasteiger partial charge is 0.488 e. The zero-order chi connectivity index (χ0) is 20.6. The van der Waals surface area contributed by atoms with Crippen LogP contribution in [0.1, 0.15) is 23.3 Å². The highest BCUT2D eigenvalue weighted by Crippen LogP contribution is 2.26. The van der Waals surface area contributed by atoms with Crippen molar-refractivity contribution in [3.05, 3.63) is 64.0 Å². The molecule has 1 N–H and O–H groups in total. The van der Waals surface area contributed by atoms with Gasteiger partial charge in [0.15, 0.2) is 0 Å². The van der Waals surface area contributed by atoms with Gasteiger partial charge in [-0.1, -0.05) is 33.4 Å². The summed E-state index contributed by atoms with van der Waals surface area (Å²) in [5.74, 6) is -0.220. The number of aliphatic carboxylic acids is 1. The molecule has 0 aliphatic heterocycles. The van der Waals surface area contributed by atoms with E-state index in [0.717, 1.165) is 21.7 Å². The minimum atomic E-state index is -0.886. The van der Waals surface area contributed by atoms with Crippen LogP contribution in [0, 0.1) is 0 Å². The molecule has 0 aliphatic rings. The minimum Gasteiger partial charge on any atom is -0.488 e. The molecule has 0 unspecified atom stereocenters. The molecule has 0 spiro atoms. The molecule has 1 heterocycles. The molecule has 3 aromatic rings. The van der Waals surface area contributed by atoms with Crippen molar-refractivity contribution in [2.45, 2.75) is 19.4 Å². The lowest BCUT2D eigenvalue weighted by atomic mass is 10.1. The van der Waals surface area contributed by atoms with Crippen LogP contribution in [-0.4, -0.2) is 33.5 Å². The van der Waals surface area contributed by atoms with Crippen LogP contribution in [0.3, 0.4) is 0 Å². The van der Waals surface area contributed by atoms with Gasteiger partial charge in [0.05, 0.1) is 17.0 Å². The molecule has 0 saturated heterocycles. The number of oxime groups is 1. The number of carboxylic acid groups (broad SMARTS) is 1. The van der Waals surface area contributed by atoms with E-state index in [9.17, 15) is 4.79 Å². The molecule has 0 radical (unpaired) electrons. The van der Waals surface area contributed by atoms with Crippen molar-refractivity contribution >= 4 is 34.8 Å². The molecule has 2 aromatic carbocycles. The summed E-state index contributed by atoms with van der Waals surface area (Å²) in [5, 5.41) is 17.6. The van der Waals surface area contributed by atoms with Gasteiger partial charge in [-0.05, 0) is 53.5 Å². The lowest BCUT2D eigenvalue weighted by molar-refractivity contribution is -0.136. The first kappa shape index (κ1) is 20.8. The van der Waals surface area contributed by atoms with E-state index in [-0.39, 0.29) is 12.8 Å². The monoisotopic (exact) mass is 431 g/mol. The van der Waals surface area contributed by atoms with Crippen molar-refractivity contribution in [3.63, 3.8) is 0 Å². The Balaban J connectivity index is 1.67. The number of carboxylic acids is 1. The van der Waals surface area contributed by atoms with Gasteiger partial charge >= 0.3 is 5.97 Å². The molecule has 0 saturated carbocycles. The quantitative estimate of drug-likeness (QED) is 0.391. The number of benzene rings is 2. The molecule has 9 heteroatoms. The van der Waals surface area contributed by atoms with E-state index in [0.29, 0.717) is 23.1 Å². The normalized spacial score (nSPS) is 11.3. The summed E-state index contributed by atoms with van der Waals surface area (Å²) in [7, 11) is 1.43. The van der Waals surface area contributed by atoms with Crippen LogP contribution in [0.4, 0.5) is 0 Å². The van der Waals surface area contributed by atoms with Crippen molar-refractivity contribution in [2.75, 3.05) is 7.11 Å². The number of nitrogens with zero attached hydrogens (tertiary/aromatic N) is 3. The summed E-state index contributed by atoms with van der Waals surface area (Å²) in [6, 6.07) is 14.7. The molecule has 3 rings (SSSR count). The first-order valence-corrected chi connectivity index (χ1v) is 9.84. The third kappa shape index (κ3) is 5.75. The Kier molecular flexibility index (Phi) is 7.15. The molecule has 0 atom stereocenters. The average Bonchev–Trinajstić information content (AvgIpc) is 3.19. The van der Waals surface area contributed by atoms with Gasteiger partial charge in [0.25, 0.3) is 0 Å². The fraction of sp³-hybridized carbons (Fsp3) is 0.200. The van der Waals surface area contributed by atoms with Crippen molar-refractivity contribution in [1.29, 1.82) is 0 Å². The van der Waals surface area contributed by atoms with Crippen LogP contribution in [-0.2, 0) is 16.2 Å². The van der Waals surface area contributed by atoms with Crippen molar-refractivity contribution in [1.82, 2.24) is 9.59 Å². The second-order valence-electron chi connectivity index (χ2n) is 5.98. The van der Waals surface area contributed by atoms with E-state index >= 15 is 0 Å². The Morgan fingerprint density at radius 1 is 1.14 bits per heavy atom. The highest BCUT2D eigenvalue weighted by Gasteiger charge is 2.12. The molecule has 0 amide bonds. The summed E-state index contributed by atoms with van der Waals surface area (Å²) in [6.45, 7) is 0.326. The number of carbonyl (C=O) groups is 1. The molecule has 0 aliphatic carbocycles. The van der Waals surface area contributed by atoms with Crippen molar-refractivity contribution < 1.29 is 19.5 Å². The van der Waals surface area contributed by atoms with E-state index in [1.807, 2.05) is 36.4 Å². The molecule has 29 heavy (non-hydrogen) atoms. The first-order valence-electron chi connectivity index (χ1n) is 8.69. The molecular weight excluding hydrogens is 414 g/mol. The van der Waals surface area contributed by atoms with Gasteiger partial charge in [-0.3, -0.25) is 4.79 Å². The Morgan fingerprint density at radius 3 is 2.52 bits per heavy atom. The van der Waals surface area contributed by atoms with Gasteiger partial charge in [0, 0.05) is 17.0 Å². The average molecular weight is 432 g/mol. The minimum absolute atomic E-state index is 0.0215. The zero-order valence-corrected chi connectivity index (χ0v) is 17.1. The number of halogens is 1. The Morgan fingerprint density at radius 2 is 1.86 bits per heavy atom. The van der Waals surface area contributed by atoms with Gasteiger partial charge in [-0.2, -0.15) is 0 Å². The molecule has 0 bridgehead atoms. The maximum atomic E-state index is 10.8. The SMILES string of the molecule is CON=C(CCC(=O)O)c1ccc(OCc2snnc2-c2ccc(Cl)cc2)cc1. The van der Waals surface area contributed by atoms with E-state index in [1.54, 1.807) is 12.1 Å². The van der Waals surface area contributed by atoms with Gasteiger partial charge in [0.1, 0.15) is 25.2 Å². The lowest BCUT2D eigenvalue weighted by Crippen LogP contribution is -2.06. The van der Waals surface area contributed by atoms with E-state index < -0.39 is 5.97 Å². The van der Waals surface area contributed by atoms with Crippen LogP contribution in [0.15, 0.2) is 53.7 Å². The summed E-state index contributed by atoms with van der Waals surface area (Å²) < 4.78 is 9.90. The van der Waals surface area contributed by atoms with E-state index in [4.69, 9.17) is 26.3 Å².